The van der Waals surface area contributed by atoms with Crippen LogP contribution in [0, 0.1) is 5.82 Å². The Labute approximate surface area is 134 Å². The third-order valence-corrected chi connectivity index (χ3v) is 4.07. The molecule has 2 heterocycles. The van der Waals surface area contributed by atoms with Crippen molar-refractivity contribution in [3.8, 4) is 11.3 Å². The Balaban J connectivity index is 1.61. The van der Waals surface area contributed by atoms with Crippen LogP contribution in [0.2, 0.25) is 0 Å². The second-order valence-corrected chi connectivity index (χ2v) is 5.74. The van der Waals surface area contributed by atoms with Gasteiger partial charge in [-0.15, -0.1) is 0 Å². The summed E-state index contributed by atoms with van der Waals surface area (Å²) in [5.41, 5.74) is 0.383. The lowest BCUT2D eigenvalue weighted by Crippen LogP contribution is -2.52. The minimum atomic E-state index is -0.346. The molecule has 5 nitrogen and oxygen atoms in total. The van der Waals surface area contributed by atoms with Gasteiger partial charge in [-0.2, -0.15) is 0 Å². The van der Waals surface area contributed by atoms with Crippen LogP contribution in [0.5, 0.6) is 0 Å². The van der Waals surface area contributed by atoms with Gasteiger partial charge in [0.1, 0.15) is 5.82 Å². The molecule has 1 atom stereocenters. The normalized spacial score (nSPS) is 18.2. The maximum absolute atomic E-state index is 13.7. The van der Waals surface area contributed by atoms with Crippen molar-refractivity contribution >= 4 is 5.91 Å². The average molecular weight is 317 g/mol. The molecule has 1 unspecified atom stereocenters. The lowest BCUT2D eigenvalue weighted by Gasteiger charge is -2.34. The Morgan fingerprint density at radius 2 is 2.30 bits per heavy atom. The number of rotatable bonds is 4. The third-order valence-electron chi connectivity index (χ3n) is 4.07. The molecule has 23 heavy (non-hydrogen) atoms. The minimum Gasteiger partial charge on any atom is -0.441 e. The molecule has 1 amide bonds. The number of hydrogen-bond donors (Lipinski definition) is 1. The Morgan fingerprint density at radius 3 is 3.09 bits per heavy atom. The van der Waals surface area contributed by atoms with Crippen LogP contribution in [0.1, 0.15) is 19.2 Å². The second kappa shape index (κ2) is 6.91. The first-order valence-corrected chi connectivity index (χ1v) is 7.85. The molecule has 1 aromatic heterocycles. The lowest BCUT2D eigenvalue weighted by atomic mass is 10.2. The van der Waals surface area contributed by atoms with Crippen LogP contribution in [0.3, 0.4) is 0 Å². The molecule has 1 fully saturated rings. The number of hydrogen-bond acceptors (Lipinski definition) is 4. The van der Waals surface area contributed by atoms with E-state index in [9.17, 15) is 9.18 Å². The van der Waals surface area contributed by atoms with E-state index in [0.29, 0.717) is 30.1 Å². The number of piperazine rings is 1. The van der Waals surface area contributed by atoms with E-state index in [0.717, 1.165) is 19.6 Å². The van der Waals surface area contributed by atoms with Crippen LogP contribution < -0.4 is 5.32 Å². The molecule has 122 valence electrons. The molecule has 3 rings (SSSR count). The predicted octanol–water partition coefficient (Wildman–Crippen LogP) is 2.23. The largest absolute Gasteiger partial charge is 0.441 e. The highest BCUT2D eigenvalue weighted by Crippen LogP contribution is 2.23. The zero-order valence-electron chi connectivity index (χ0n) is 13.1. The van der Waals surface area contributed by atoms with Crippen molar-refractivity contribution in [3.63, 3.8) is 0 Å². The molecule has 0 spiro atoms. The van der Waals surface area contributed by atoms with Crippen molar-refractivity contribution in [1.29, 1.82) is 0 Å². The van der Waals surface area contributed by atoms with Gasteiger partial charge in [-0.05, 0) is 19.1 Å². The average Bonchev–Trinajstić information content (AvgIpc) is 3.02. The molecule has 1 N–H and O–H groups in total. The van der Waals surface area contributed by atoms with Crippen molar-refractivity contribution in [2.45, 2.75) is 25.8 Å². The number of oxazole rings is 1. The van der Waals surface area contributed by atoms with Gasteiger partial charge in [0.05, 0.1) is 11.8 Å². The molecule has 0 radical (unpaired) electrons. The first-order chi connectivity index (χ1) is 11.1. The number of aromatic nitrogens is 1. The summed E-state index contributed by atoms with van der Waals surface area (Å²) in [5, 5.41) is 3.26. The summed E-state index contributed by atoms with van der Waals surface area (Å²) < 4.78 is 19.3. The van der Waals surface area contributed by atoms with Gasteiger partial charge < -0.3 is 14.6 Å². The minimum absolute atomic E-state index is 0.102. The van der Waals surface area contributed by atoms with Crippen molar-refractivity contribution in [2.24, 2.45) is 0 Å². The summed E-state index contributed by atoms with van der Waals surface area (Å²) in [6, 6.07) is 6.61. The molecule has 1 aromatic carbocycles. The third kappa shape index (κ3) is 3.59. The summed E-state index contributed by atoms with van der Waals surface area (Å²) >= 11 is 0. The van der Waals surface area contributed by atoms with Crippen LogP contribution >= 0.6 is 0 Å². The van der Waals surface area contributed by atoms with Crippen molar-refractivity contribution < 1.29 is 13.6 Å². The van der Waals surface area contributed by atoms with E-state index < -0.39 is 0 Å². The summed E-state index contributed by atoms with van der Waals surface area (Å²) in [6.45, 7) is 4.41. The number of amides is 1. The smallest absolute Gasteiger partial charge is 0.223 e. The number of carbonyl (C=O) groups excluding carboxylic acids is 1. The number of aryl methyl sites for hydroxylation is 1. The quantitative estimate of drug-likeness (QED) is 0.939. The van der Waals surface area contributed by atoms with Crippen LogP contribution in [-0.4, -0.2) is 41.5 Å². The molecule has 0 bridgehead atoms. The standard InChI is InChI=1S/C17H20FN3O2/c1-12-10-19-8-9-21(12)17(22)7-6-16-20-11-15(23-16)13-4-2-3-5-14(13)18/h2-5,11-12,19H,6-10H2,1H3. The van der Waals surface area contributed by atoms with Gasteiger partial charge in [0.2, 0.25) is 5.91 Å². The van der Waals surface area contributed by atoms with Gasteiger partial charge in [-0.25, -0.2) is 9.37 Å². The lowest BCUT2D eigenvalue weighted by molar-refractivity contribution is -0.134. The predicted molar refractivity (Wildman–Crippen MR) is 84.3 cm³/mol. The van der Waals surface area contributed by atoms with Crippen LogP contribution in [0.4, 0.5) is 4.39 Å². The summed E-state index contributed by atoms with van der Waals surface area (Å²) in [5.74, 6) is 0.603. The van der Waals surface area contributed by atoms with Crippen LogP contribution in [0.15, 0.2) is 34.9 Å². The molecule has 1 aliphatic rings. The highest BCUT2D eigenvalue weighted by atomic mass is 19.1. The van der Waals surface area contributed by atoms with E-state index in [1.54, 1.807) is 18.2 Å². The number of nitrogens with zero attached hydrogens (tertiary/aromatic N) is 2. The van der Waals surface area contributed by atoms with E-state index in [1.165, 1.54) is 12.3 Å². The number of halogens is 1. The van der Waals surface area contributed by atoms with Crippen LogP contribution in [-0.2, 0) is 11.2 Å². The van der Waals surface area contributed by atoms with E-state index in [4.69, 9.17) is 4.42 Å². The maximum Gasteiger partial charge on any atom is 0.223 e. The highest BCUT2D eigenvalue weighted by molar-refractivity contribution is 5.76. The fraction of sp³-hybridized carbons (Fsp3) is 0.412. The van der Waals surface area contributed by atoms with Gasteiger partial charge in [0.25, 0.3) is 0 Å². The zero-order valence-corrected chi connectivity index (χ0v) is 13.1. The first kappa shape index (κ1) is 15.7. The Kier molecular flexibility index (Phi) is 4.71. The Bertz CT molecular complexity index is 686. The SMILES string of the molecule is CC1CNCCN1C(=O)CCc1ncc(-c2ccccc2F)o1. The molecule has 1 saturated heterocycles. The van der Waals surface area contributed by atoms with Gasteiger partial charge in [0, 0.05) is 38.5 Å². The number of carbonyl (C=O) groups is 1. The van der Waals surface area contributed by atoms with Gasteiger partial charge in [-0.3, -0.25) is 4.79 Å². The fourth-order valence-corrected chi connectivity index (χ4v) is 2.78. The molecular weight excluding hydrogens is 297 g/mol. The number of benzene rings is 1. The number of nitrogens with one attached hydrogen (secondary N) is 1. The van der Waals surface area contributed by atoms with Crippen molar-refractivity contribution in [2.75, 3.05) is 19.6 Å². The zero-order chi connectivity index (χ0) is 16.2. The highest BCUT2D eigenvalue weighted by Gasteiger charge is 2.23. The maximum atomic E-state index is 13.7. The topological polar surface area (TPSA) is 58.4 Å². The van der Waals surface area contributed by atoms with Gasteiger partial charge >= 0.3 is 0 Å². The van der Waals surface area contributed by atoms with Gasteiger partial charge in [-0.1, -0.05) is 12.1 Å². The summed E-state index contributed by atoms with van der Waals surface area (Å²) in [6.07, 6.45) is 2.27. The molecule has 0 aliphatic carbocycles. The van der Waals surface area contributed by atoms with Crippen LogP contribution in [0.25, 0.3) is 11.3 Å². The molecule has 1 aliphatic heterocycles. The fourth-order valence-electron chi connectivity index (χ4n) is 2.78. The summed E-state index contributed by atoms with van der Waals surface area (Å²) in [7, 11) is 0. The molecule has 2 aromatic rings. The Morgan fingerprint density at radius 1 is 1.48 bits per heavy atom. The monoisotopic (exact) mass is 317 g/mol. The molecular formula is C17H20FN3O2. The first-order valence-electron chi connectivity index (χ1n) is 7.85. The Hall–Kier alpha value is -2.21. The molecule has 0 saturated carbocycles. The van der Waals surface area contributed by atoms with E-state index in [1.807, 2.05) is 11.8 Å². The second-order valence-electron chi connectivity index (χ2n) is 5.74. The van der Waals surface area contributed by atoms with E-state index >= 15 is 0 Å². The van der Waals surface area contributed by atoms with Crippen molar-refractivity contribution in [1.82, 2.24) is 15.2 Å². The summed E-state index contributed by atoms with van der Waals surface area (Å²) in [4.78, 5) is 18.3. The van der Waals surface area contributed by atoms with Gasteiger partial charge in [0.15, 0.2) is 11.7 Å². The van der Waals surface area contributed by atoms with Crippen molar-refractivity contribution in [3.05, 3.63) is 42.2 Å². The van der Waals surface area contributed by atoms with E-state index in [-0.39, 0.29) is 17.8 Å². The molecule has 6 heteroatoms. The van der Waals surface area contributed by atoms with E-state index in [2.05, 4.69) is 10.3 Å².